The van der Waals surface area contributed by atoms with Gasteiger partial charge in [0.1, 0.15) is 5.82 Å². The van der Waals surface area contributed by atoms with Crippen LogP contribution in [0.5, 0.6) is 0 Å². The third-order valence-electron chi connectivity index (χ3n) is 5.33. The Morgan fingerprint density at radius 3 is 2.91 bits per heavy atom. The molecule has 23 heavy (non-hydrogen) atoms. The average molecular weight is 320 g/mol. The maximum absolute atomic E-state index is 13.5. The van der Waals surface area contributed by atoms with Crippen molar-refractivity contribution in [2.24, 2.45) is 5.41 Å². The van der Waals surface area contributed by atoms with Gasteiger partial charge in [0.05, 0.1) is 12.0 Å². The van der Waals surface area contributed by atoms with E-state index in [4.69, 9.17) is 5.11 Å². The Labute approximate surface area is 136 Å². The molecule has 126 valence electrons. The zero-order valence-electron chi connectivity index (χ0n) is 13.7. The lowest BCUT2D eigenvalue weighted by molar-refractivity contribution is -0.146. The van der Waals surface area contributed by atoms with Crippen molar-refractivity contribution in [3.8, 4) is 0 Å². The first-order chi connectivity index (χ1) is 11.0. The first-order valence-electron chi connectivity index (χ1n) is 8.42. The second-order valence-corrected chi connectivity index (χ2v) is 6.93. The number of nitrogens with zero attached hydrogens (tertiary/aromatic N) is 2. The third-order valence-corrected chi connectivity index (χ3v) is 5.33. The van der Waals surface area contributed by atoms with Crippen LogP contribution in [0.25, 0.3) is 0 Å². The second kappa shape index (κ2) is 6.57. The van der Waals surface area contributed by atoms with Gasteiger partial charge in [-0.05, 0) is 56.0 Å². The van der Waals surface area contributed by atoms with Gasteiger partial charge < -0.3 is 10.0 Å². The van der Waals surface area contributed by atoms with Gasteiger partial charge in [-0.3, -0.25) is 9.69 Å². The minimum atomic E-state index is -0.297. The molecule has 2 aliphatic rings. The van der Waals surface area contributed by atoms with E-state index in [0.29, 0.717) is 13.1 Å². The van der Waals surface area contributed by atoms with E-state index in [1.54, 1.807) is 11.0 Å². The monoisotopic (exact) mass is 320 g/mol. The Kier molecular flexibility index (Phi) is 4.69. The van der Waals surface area contributed by atoms with Gasteiger partial charge in [-0.25, -0.2) is 4.39 Å². The quantitative estimate of drug-likeness (QED) is 0.922. The summed E-state index contributed by atoms with van der Waals surface area (Å²) >= 11 is 0. The Morgan fingerprint density at radius 2 is 2.13 bits per heavy atom. The highest BCUT2D eigenvalue weighted by molar-refractivity contribution is 5.84. The predicted molar refractivity (Wildman–Crippen MR) is 86.4 cm³/mol. The molecule has 5 heteroatoms. The minimum Gasteiger partial charge on any atom is -0.395 e. The maximum atomic E-state index is 13.5. The van der Waals surface area contributed by atoms with E-state index in [2.05, 4.69) is 4.90 Å². The van der Waals surface area contributed by atoms with Crippen LogP contribution in [0.15, 0.2) is 18.2 Å². The van der Waals surface area contributed by atoms with Crippen molar-refractivity contribution in [2.75, 3.05) is 32.8 Å². The van der Waals surface area contributed by atoms with Crippen LogP contribution in [-0.4, -0.2) is 53.6 Å². The molecule has 1 N–H and O–H groups in total. The van der Waals surface area contributed by atoms with E-state index in [1.165, 1.54) is 6.07 Å². The zero-order valence-corrected chi connectivity index (χ0v) is 13.7. The summed E-state index contributed by atoms with van der Waals surface area (Å²) in [5.74, 6) is -0.0151. The van der Waals surface area contributed by atoms with Crippen molar-refractivity contribution in [3.63, 3.8) is 0 Å². The number of benzene rings is 1. The number of β-amino-alcohol motifs (C(OH)–C–C–N with tert-alkyl or cyclic N) is 1. The molecule has 3 rings (SSSR count). The lowest BCUT2D eigenvalue weighted by Gasteiger charge is -2.39. The fraction of sp³-hybridized carbons (Fsp3) is 0.611. The SMILES string of the molecule is Cc1ccc(F)cc1CN1CC[C@]2(CCCN(CCO)C2=O)C1. The number of aryl methyl sites for hydroxylation is 1. The fourth-order valence-corrected chi connectivity index (χ4v) is 4.01. The Bertz CT molecular complexity index is 590. The number of rotatable bonds is 4. The molecule has 0 aromatic heterocycles. The van der Waals surface area contributed by atoms with E-state index < -0.39 is 0 Å². The number of carbonyl (C=O) groups is 1. The van der Waals surface area contributed by atoms with Crippen LogP contribution in [0.1, 0.15) is 30.4 Å². The molecule has 0 saturated carbocycles. The minimum absolute atomic E-state index is 0.0218. The molecule has 0 radical (unpaired) electrons. The van der Waals surface area contributed by atoms with E-state index >= 15 is 0 Å². The number of carbonyl (C=O) groups excluding carboxylic acids is 1. The number of hydrogen-bond donors (Lipinski definition) is 1. The summed E-state index contributed by atoms with van der Waals surface area (Å²) in [6.07, 6.45) is 2.78. The normalized spacial score (nSPS) is 25.5. The molecule has 0 bridgehead atoms. The van der Waals surface area contributed by atoms with Crippen LogP contribution >= 0.6 is 0 Å². The van der Waals surface area contributed by atoms with Crippen molar-refractivity contribution >= 4 is 5.91 Å². The van der Waals surface area contributed by atoms with E-state index in [-0.39, 0.29) is 23.7 Å². The molecular formula is C18H25FN2O2. The van der Waals surface area contributed by atoms with Gasteiger partial charge in [0.15, 0.2) is 0 Å². The highest BCUT2D eigenvalue weighted by Gasteiger charge is 2.47. The second-order valence-electron chi connectivity index (χ2n) is 6.93. The fourth-order valence-electron chi connectivity index (χ4n) is 4.01. The van der Waals surface area contributed by atoms with Crippen molar-refractivity contribution < 1.29 is 14.3 Å². The van der Waals surface area contributed by atoms with Gasteiger partial charge in [0.2, 0.25) is 5.91 Å². The number of halogens is 1. The van der Waals surface area contributed by atoms with Gasteiger partial charge >= 0.3 is 0 Å². The Balaban J connectivity index is 1.70. The van der Waals surface area contributed by atoms with Crippen LogP contribution < -0.4 is 0 Å². The van der Waals surface area contributed by atoms with Crippen LogP contribution in [0.4, 0.5) is 4.39 Å². The number of amides is 1. The first kappa shape index (κ1) is 16.4. The Morgan fingerprint density at radius 1 is 1.30 bits per heavy atom. The third kappa shape index (κ3) is 3.26. The molecule has 0 aliphatic carbocycles. The summed E-state index contributed by atoms with van der Waals surface area (Å²) in [4.78, 5) is 16.9. The molecule has 2 saturated heterocycles. The number of hydrogen-bond acceptors (Lipinski definition) is 3. The molecule has 1 atom stereocenters. The van der Waals surface area contributed by atoms with E-state index in [9.17, 15) is 9.18 Å². The van der Waals surface area contributed by atoms with E-state index in [0.717, 1.165) is 50.0 Å². The highest BCUT2D eigenvalue weighted by Crippen LogP contribution is 2.40. The topological polar surface area (TPSA) is 43.8 Å². The molecule has 1 aromatic carbocycles. The lowest BCUT2D eigenvalue weighted by atomic mass is 9.78. The van der Waals surface area contributed by atoms with Crippen molar-refractivity contribution in [1.82, 2.24) is 9.80 Å². The lowest BCUT2D eigenvalue weighted by Crippen LogP contribution is -2.50. The van der Waals surface area contributed by atoms with E-state index in [1.807, 2.05) is 13.0 Å². The number of likely N-dealkylation sites (tertiary alicyclic amines) is 2. The average Bonchev–Trinajstić information content (AvgIpc) is 2.92. The van der Waals surface area contributed by atoms with Crippen LogP contribution in [0.2, 0.25) is 0 Å². The van der Waals surface area contributed by atoms with Crippen molar-refractivity contribution in [2.45, 2.75) is 32.7 Å². The van der Waals surface area contributed by atoms with Gasteiger partial charge in [0, 0.05) is 26.2 Å². The molecular weight excluding hydrogens is 295 g/mol. The summed E-state index contributed by atoms with van der Waals surface area (Å²) in [5, 5.41) is 9.13. The highest BCUT2D eigenvalue weighted by atomic mass is 19.1. The molecule has 0 unspecified atom stereocenters. The number of aliphatic hydroxyl groups is 1. The summed E-state index contributed by atoms with van der Waals surface area (Å²) in [5.41, 5.74) is 1.79. The van der Waals surface area contributed by atoms with Crippen molar-refractivity contribution in [3.05, 3.63) is 35.1 Å². The smallest absolute Gasteiger partial charge is 0.230 e. The summed E-state index contributed by atoms with van der Waals surface area (Å²) in [7, 11) is 0. The summed E-state index contributed by atoms with van der Waals surface area (Å²) in [6.45, 7) is 5.51. The van der Waals surface area contributed by atoms with Crippen LogP contribution in [-0.2, 0) is 11.3 Å². The molecule has 1 aromatic rings. The number of piperidine rings is 1. The summed E-state index contributed by atoms with van der Waals surface area (Å²) < 4.78 is 13.5. The molecule has 2 fully saturated rings. The first-order valence-corrected chi connectivity index (χ1v) is 8.42. The standard InChI is InChI=1S/C18H25FN2O2/c1-14-3-4-16(19)11-15(14)12-20-8-6-18(13-20)5-2-7-21(9-10-22)17(18)23/h3-4,11,22H,2,5-10,12-13H2,1H3/t18-/m1/s1. The van der Waals surface area contributed by atoms with Gasteiger partial charge in [0.25, 0.3) is 0 Å². The van der Waals surface area contributed by atoms with Gasteiger partial charge in [-0.15, -0.1) is 0 Å². The zero-order chi connectivity index (χ0) is 16.4. The summed E-state index contributed by atoms with van der Waals surface area (Å²) in [6, 6.07) is 4.90. The molecule has 2 heterocycles. The van der Waals surface area contributed by atoms with Crippen LogP contribution in [0.3, 0.4) is 0 Å². The molecule has 1 spiro atoms. The Hall–Kier alpha value is -1.46. The molecule has 4 nitrogen and oxygen atoms in total. The predicted octanol–water partition coefficient (Wildman–Crippen LogP) is 1.94. The van der Waals surface area contributed by atoms with Gasteiger partial charge in [-0.2, -0.15) is 0 Å². The van der Waals surface area contributed by atoms with Crippen LogP contribution in [0, 0.1) is 18.2 Å². The largest absolute Gasteiger partial charge is 0.395 e. The molecule has 2 aliphatic heterocycles. The molecule has 1 amide bonds. The maximum Gasteiger partial charge on any atom is 0.230 e. The van der Waals surface area contributed by atoms with Gasteiger partial charge in [-0.1, -0.05) is 6.07 Å². The van der Waals surface area contributed by atoms with Crippen molar-refractivity contribution in [1.29, 1.82) is 0 Å². The number of aliphatic hydroxyl groups excluding tert-OH is 1.